The summed E-state index contributed by atoms with van der Waals surface area (Å²) in [6.07, 6.45) is 17.7. The molecule has 0 saturated carbocycles. The fraction of sp³-hybridized carbons (Fsp3) is 0.875. The van der Waals surface area contributed by atoms with Gasteiger partial charge in [0.05, 0.1) is 0 Å². The van der Waals surface area contributed by atoms with Crippen LogP contribution in [0.4, 0.5) is 0 Å². The second-order valence-electron chi connectivity index (χ2n) is 7.67. The van der Waals surface area contributed by atoms with Crippen molar-refractivity contribution < 1.29 is 52.1 Å². The van der Waals surface area contributed by atoms with Gasteiger partial charge in [0.25, 0.3) is 0 Å². The van der Waals surface area contributed by atoms with Crippen LogP contribution in [0.3, 0.4) is 0 Å². The molecule has 7 heteroatoms. The van der Waals surface area contributed by atoms with Crippen LogP contribution in [-0.4, -0.2) is 33.2 Å². The molecule has 0 aliphatic carbocycles. The minimum atomic E-state index is -0.670. The maximum atomic E-state index is 10.0. The third kappa shape index (κ3) is 52.9. The van der Waals surface area contributed by atoms with Crippen molar-refractivity contribution in [2.45, 2.75) is 136 Å². The van der Waals surface area contributed by atoms with Gasteiger partial charge < -0.3 is 15.3 Å². The zero-order chi connectivity index (χ0) is 23.5. The van der Waals surface area contributed by atoms with Crippen LogP contribution in [0.25, 0.3) is 0 Å². The van der Waals surface area contributed by atoms with Crippen LogP contribution in [-0.2, 0) is 36.8 Å². The topological polar surface area (TPSA) is 112 Å². The molecular weight excluding hydrogens is 581 g/mol. The number of rotatable bonds is 18. The van der Waals surface area contributed by atoms with E-state index in [-0.39, 0.29) is 22.4 Å². The third-order valence-corrected chi connectivity index (χ3v) is 4.48. The molecule has 0 rings (SSSR count). The van der Waals surface area contributed by atoms with Crippen molar-refractivity contribution in [3.8, 4) is 0 Å². The Morgan fingerprint density at radius 2 is 0.613 bits per heavy atom. The van der Waals surface area contributed by atoms with Gasteiger partial charge >= 0.3 is 17.9 Å². The summed E-state index contributed by atoms with van der Waals surface area (Å²) in [6.45, 7) is 6.45. The molecule has 0 aromatic heterocycles. The van der Waals surface area contributed by atoms with E-state index in [0.717, 1.165) is 38.5 Å². The van der Waals surface area contributed by atoms with E-state index < -0.39 is 17.9 Å². The number of carboxylic acids is 3. The third-order valence-electron chi connectivity index (χ3n) is 4.48. The number of aliphatic carboxylic acids is 3. The Morgan fingerprint density at radius 1 is 0.419 bits per heavy atom. The molecule has 31 heavy (non-hydrogen) atoms. The molecule has 0 aliphatic heterocycles. The molecule has 0 atom stereocenters. The van der Waals surface area contributed by atoms with Crippen molar-refractivity contribution in [2.75, 3.05) is 0 Å². The summed E-state index contributed by atoms with van der Waals surface area (Å²) in [5.41, 5.74) is 0. The molecular formula is C24H48AuO6. The summed E-state index contributed by atoms with van der Waals surface area (Å²) >= 11 is 0. The molecule has 0 aliphatic rings. The van der Waals surface area contributed by atoms with Crippen LogP contribution >= 0.6 is 0 Å². The van der Waals surface area contributed by atoms with Crippen LogP contribution in [0.2, 0.25) is 0 Å². The Kier molecular flexibility index (Phi) is 40.8. The predicted octanol–water partition coefficient (Wildman–Crippen LogP) is 7.29. The zero-order valence-electron chi connectivity index (χ0n) is 20.1. The number of carbonyl (C=O) groups is 3. The minimum absolute atomic E-state index is 0. The first-order chi connectivity index (χ1) is 14.3. The molecule has 3 N–H and O–H groups in total. The predicted molar refractivity (Wildman–Crippen MR) is 123 cm³/mol. The van der Waals surface area contributed by atoms with Crippen LogP contribution in [0, 0.1) is 0 Å². The van der Waals surface area contributed by atoms with E-state index in [0.29, 0.717) is 19.3 Å². The van der Waals surface area contributed by atoms with Gasteiger partial charge in [0.1, 0.15) is 0 Å². The van der Waals surface area contributed by atoms with Crippen LogP contribution < -0.4 is 0 Å². The fourth-order valence-corrected chi connectivity index (χ4v) is 2.64. The maximum Gasteiger partial charge on any atom is 0.303 e. The first-order valence-electron chi connectivity index (χ1n) is 12.0. The number of unbranched alkanes of at least 4 members (excludes halogenated alkanes) is 12. The van der Waals surface area contributed by atoms with E-state index in [4.69, 9.17) is 15.3 Å². The van der Waals surface area contributed by atoms with Gasteiger partial charge in [-0.1, -0.05) is 97.8 Å². The van der Waals surface area contributed by atoms with Gasteiger partial charge in [0.2, 0.25) is 0 Å². The molecule has 0 spiro atoms. The Hall–Kier alpha value is -0.850. The molecule has 0 aromatic rings. The average molecular weight is 630 g/mol. The van der Waals surface area contributed by atoms with E-state index in [1.54, 1.807) is 0 Å². The number of hydrogen-bond acceptors (Lipinski definition) is 3. The maximum absolute atomic E-state index is 10.0. The van der Waals surface area contributed by atoms with Crippen molar-refractivity contribution in [1.82, 2.24) is 0 Å². The van der Waals surface area contributed by atoms with E-state index in [2.05, 4.69) is 20.8 Å². The van der Waals surface area contributed by atoms with E-state index >= 15 is 0 Å². The molecule has 0 fully saturated rings. The Morgan fingerprint density at radius 3 is 0.774 bits per heavy atom. The monoisotopic (exact) mass is 629 g/mol. The SMILES string of the molecule is CCCCCCCC(=O)O.CCCCCCCC(=O)O.CCCCCCCC(=O)O.[Au]. The van der Waals surface area contributed by atoms with Gasteiger partial charge in [-0.2, -0.15) is 0 Å². The summed E-state index contributed by atoms with van der Waals surface area (Å²) in [7, 11) is 0. The molecule has 0 bridgehead atoms. The van der Waals surface area contributed by atoms with Gasteiger partial charge in [0.15, 0.2) is 0 Å². The number of carboxylic acid groups (broad SMARTS) is 3. The first-order valence-corrected chi connectivity index (χ1v) is 12.0. The van der Waals surface area contributed by atoms with E-state index in [1.165, 1.54) is 57.8 Å². The van der Waals surface area contributed by atoms with E-state index in [1.807, 2.05) is 0 Å². The summed E-state index contributed by atoms with van der Waals surface area (Å²) in [6, 6.07) is 0. The summed E-state index contributed by atoms with van der Waals surface area (Å²) in [4.78, 5) is 30.1. The molecule has 0 unspecified atom stereocenters. The largest absolute Gasteiger partial charge is 0.481 e. The molecule has 191 valence electrons. The normalized spacial score (nSPS) is 9.39. The van der Waals surface area contributed by atoms with Crippen molar-refractivity contribution in [3.63, 3.8) is 0 Å². The van der Waals surface area contributed by atoms with Crippen molar-refractivity contribution in [3.05, 3.63) is 0 Å². The number of hydrogen-bond donors (Lipinski definition) is 3. The van der Waals surface area contributed by atoms with Gasteiger partial charge in [0, 0.05) is 41.6 Å². The summed E-state index contributed by atoms with van der Waals surface area (Å²) in [5, 5.41) is 24.8. The molecule has 0 amide bonds. The molecule has 0 saturated heterocycles. The zero-order valence-corrected chi connectivity index (χ0v) is 22.3. The smallest absolute Gasteiger partial charge is 0.303 e. The van der Waals surface area contributed by atoms with Crippen molar-refractivity contribution in [1.29, 1.82) is 0 Å². The Balaban J connectivity index is -0.000000174. The Bertz CT molecular complexity index is 331. The summed E-state index contributed by atoms with van der Waals surface area (Å²) < 4.78 is 0. The average Bonchev–Trinajstić information content (AvgIpc) is 2.68. The van der Waals surface area contributed by atoms with Crippen molar-refractivity contribution in [2.24, 2.45) is 0 Å². The molecule has 0 heterocycles. The van der Waals surface area contributed by atoms with Crippen LogP contribution in [0.1, 0.15) is 136 Å². The standard InChI is InChI=1S/3C8H16O2.Au/c3*1-2-3-4-5-6-7-8(9)10;/h3*2-7H2,1H3,(H,9,10);. The van der Waals surface area contributed by atoms with Crippen LogP contribution in [0.5, 0.6) is 0 Å². The van der Waals surface area contributed by atoms with Gasteiger partial charge in [-0.3, -0.25) is 14.4 Å². The molecule has 6 nitrogen and oxygen atoms in total. The minimum Gasteiger partial charge on any atom is -0.481 e. The fourth-order valence-electron chi connectivity index (χ4n) is 2.64. The van der Waals surface area contributed by atoms with Gasteiger partial charge in [-0.05, 0) is 19.3 Å². The quantitative estimate of drug-likeness (QED) is 0.108. The second-order valence-corrected chi connectivity index (χ2v) is 7.67. The molecule has 0 aromatic carbocycles. The van der Waals surface area contributed by atoms with Gasteiger partial charge in [-0.25, -0.2) is 0 Å². The molecule has 1 radical (unpaired) electrons. The van der Waals surface area contributed by atoms with Crippen LogP contribution in [0.15, 0.2) is 0 Å². The summed E-state index contributed by atoms with van der Waals surface area (Å²) in [5.74, 6) is -2.01. The first kappa shape index (κ1) is 37.5. The van der Waals surface area contributed by atoms with Gasteiger partial charge in [-0.15, -0.1) is 0 Å². The second kappa shape index (κ2) is 33.8. The van der Waals surface area contributed by atoms with E-state index in [9.17, 15) is 14.4 Å². The van der Waals surface area contributed by atoms with Crippen molar-refractivity contribution >= 4 is 17.9 Å². The Labute approximate surface area is 206 Å².